The summed E-state index contributed by atoms with van der Waals surface area (Å²) in [6.45, 7) is 7.50. The van der Waals surface area contributed by atoms with Gasteiger partial charge in [0, 0.05) is 19.7 Å². The highest BCUT2D eigenvalue weighted by atomic mass is 32.2. The molecule has 0 radical (unpaired) electrons. The number of hydrogen-bond donors (Lipinski definition) is 3. The summed E-state index contributed by atoms with van der Waals surface area (Å²) in [5, 5.41) is 3.20. The molecule has 0 spiro atoms. The number of methoxy groups -OCH3 is 1. The van der Waals surface area contributed by atoms with Gasteiger partial charge in [0.15, 0.2) is 5.96 Å². The molecule has 1 unspecified atom stereocenters. The molecule has 0 aliphatic carbocycles. The molecule has 27 heavy (non-hydrogen) atoms. The number of rotatable bonds is 12. The first-order valence-electron chi connectivity index (χ1n) is 9.38. The third-order valence-corrected chi connectivity index (χ3v) is 5.55. The molecule has 8 heteroatoms. The van der Waals surface area contributed by atoms with Crippen molar-refractivity contribution in [3.05, 3.63) is 29.8 Å². The summed E-state index contributed by atoms with van der Waals surface area (Å²) in [7, 11) is -1.99. The van der Waals surface area contributed by atoms with Crippen molar-refractivity contribution in [2.24, 2.45) is 16.6 Å². The Morgan fingerprint density at radius 3 is 2.44 bits per heavy atom. The maximum atomic E-state index is 12.1. The van der Waals surface area contributed by atoms with Gasteiger partial charge in [-0.05, 0) is 37.0 Å². The zero-order chi connectivity index (χ0) is 20.3. The van der Waals surface area contributed by atoms with Crippen molar-refractivity contribution >= 4 is 16.0 Å². The molecular weight excluding hydrogens is 364 g/mol. The first-order valence-corrected chi connectivity index (χ1v) is 10.9. The second-order valence-electron chi connectivity index (χ2n) is 7.11. The van der Waals surface area contributed by atoms with E-state index >= 15 is 0 Å². The highest BCUT2D eigenvalue weighted by molar-refractivity contribution is 7.89. The van der Waals surface area contributed by atoms with Crippen molar-refractivity contribution < 1.29 is 13.2 Å². The largest absolute Gasteiger partial charge is 0.383 e. The summed E-state index contributed by atoms with van der Waals surface area (Å²) in [6.07, 6.45) is 3.42. The number of guanidine groups is 1. The van der Waals surface area contributed by atoms with Crippen molar-refractivity contribution in [3.63, 3.8) is 0 Å². The quantitative estimate of drug-likeness (QED) is 0.284. The molecule has 0 aliphatic rings. The highest BCUT2D eigenvalue weighted by Crippen LogP contribution is 2.11. The van der Waals surface area contributed by atoms with Gasteiger partial charge in [-0.3, -0.25) is 0 Å². The Bertz CT molecular complexity index is 673. The van der Waals surface area contributed by atoms with E-state index in [0.717, 1.165) is 18.4 Å². The Labute approximate surface area is 163 Å². The third kappa shape index (κ3) is 9.74. The Balaban J connectivity index is 2.51. The third-order valence-electron chi connectivity index (χ3n) is 4.08. The van der Waals surface area contributed by atoms with Crippen molar-refractivity contribution in [2.45, 2.75) is 57.5 Å². The lowest BCUT2D eigenvalue weighted by atomic mass is 10.0. The fourth-order valence-corrected chi connectivity index (χ4v) is 3.53. The minimum Gasteiger partial charge on any atom is -0.383 e. The van der Waals surface area contributed by atoms with Gasteiger partial charge >= 0.3 is 0 Å². The van der Waals surface area contributed by atoms with E-state index in [1.807, 2.05) is 0 Å². The number of nitrogens with two attached hydrogens (primary N) is 1. The van der Waals surface area contributed by atoms with Crippen LogP contribution in [0.5, 0.6) is 0 Å². The molecule has 0 bridgehead atoms. The lowest BCUT2D eigenvalue weighted by molar-refractivity contribution is 0.204. The summed E-state index contributed by atoms with van der Waals surface area (Å²) in [5.74, 6) is 1.12. The number of nitrogens with one attached hydrogen (secondary N) is 2. The predicted molar refractivity (Wildman–Crippen MR) is 110 cm³/mol. The van der Waals surface area contributed by atoms with E-state index in [1.165, 1.54) is 13.5 Å². The second-order valence-corrected chi connectivity index (χ2v) is 8.87. The fraction of sp³-hybridized carbons (Fsp3) is 0.632. The molecular formula is C19H34N4O3S. The van der Waals surface area contributed by atoms with E-state index in [4.69, 9.17) is 10.5 Å². The van der Waals surface area contributed by atoms with E-state index in [0.29, 0.717) is 25.0 Å². The van der Waals surface area contributed by atoms with Gasteiger partial charge in [0.25, 0.3) is 0 Å². The van der Waals surface area contributed by atoms with Gasteiger partial charge in [-0.15, -0.1) is 0 Å². The highest BCUT2D eigenvalue weighted by Gasteiger charge is 2.12. The molecule has 1 rings (SSSR count). The van der Waals surface area contributed by atoms with Crippen LogP contribution in [-0.2, 0) is 21.3 Å². The average Bonchev–Trinajstić information content (AvgIpc) is 2.60. The molecule has 1 aromatic rings. The van der Waals surface area contributed by atoms with Crippen molar-refractivity contribution in [1.29, 1.82) is 0 Å². The van der Waals surface area contributed by atoms with E-state index in [-0.39, 0.29) is 17.5 Å². The first-order chi connectivity index (χ1) is 12.7. The van der Waals surface area contributed by atoms with Crippen molar-refractivity contribution in [1.82, 2.24) is 10.0 Å². The van der Waals surface area contributed by atoms with Gasteiger partial charge in [0.05, 0.1) is 18.0 Å². The molecule has 1 aromatic carbocycles. The number of hydrogen-bond acceptors (Lipinski definition) is 4. The number of aliphatic imine (C=N–C) groups is 1. The van der Waals surface area contributed by atoms with E-state index in [2.05, 4.69) is 35.8 Å². The Morgan fingerprint density at radius 2 is 1.85 bits per heavy atom. The molecule has 0 amide bonds. The van der Waals surface area contributed by atoms with Crippen LogP contribution < -0.4 is 15.8 Å². The number of ether oxygens (including phenoxy) is 1. The van der Waals surface area contributed by atoms with Crippen LogP contribution in [-0.4, -0.2) is 40.7 Å². The minimum absolute atomic E-state index is 0.219. The van der Waals surface area contributed by atoms with Crippen LogP contribution >= 0.6 is 0 Å². The standard InChI is InChI=1S/C19H34N4O3S/c1-15(2)6-5-7-16(3)23-19(20)21-14-17-8-10-18(11-9-17)27(24,25)22-12-13-26-4/h8-11,15-16,22H,5-7,12-14H2,1-4H3,(H3,20,21,23). The summed E-state index contributed by atoms with van der Waals surface area (Å²) in [5.41, 5.74) is 6.83. The molecule has 0 aliphatic heterocycles. The summed E-state index contributed by atoms with van der Waals surface area (Å²) >= 11 is 0. The molecule has 4 N–H and O–H groups in total. The molecule has 0 aromatic heterocycles. The smallest absolute Gasteiger partial charge is 0.240 e. The Hall–Kier alpha value is -1.64. The van der Waals surface area contributed by atoms with Gasteiger partial charge < -0.3 is 15.8 Å². The van der Waals surface area contributed by atoms with Crippen LogP contribution in [0.3, 0.4) is 0 Å². The second kappa shape index (κ2) is 11.9. The lowest BCUT2D eigenvalue weighted by Crippen LogP contribution is -2.38. The summed E-state index contributed by atoms with van der Waals surface area (Å²) < 4.78 is 31.5. The molecule has 0 fully saturated rings. The number of sulfonamides is 1. The van der Waals surface area contributed by atoms with Crippen LogP contribution in [0.15, 0.2) is 34.2 Å². The monoisotopic (exact) mass is 398 g/mol. The van der Waals surface area contributed by atoms with Crippen LogP contribution in [0, 0.1) is 5.92 Å². The molecule has 0 heterocycles. The maximum absolute atomic E-state index is 12.1. The molecule has 0 saturated carbocycles. The Kier molecular flexibility index (Phi) is 10.4. The SMILES string of the molecule is COCCNS(=O)(=O)c1ccc(CN=C(N)NC(C)CCCC(C)C)cc1. The van der Waals surface area contributed by atoms with Crippen LogP contribution in [0.1, 0.15) is 45.6 Å². The van der Waals surface area contributed by atoms with E-state index < -0.39 is 10.0 Å². The van der Waals surface area contributed by atoms with Crippen LogP contribution in [0.2, 0.25) is 0 Å². The predicted octanol–water partition coefficient (Wildman–Crippen LogP) is 2.23. The molecule has 0 saturated heterocycles. The van der Waals surface area contributed by atoms with Crippen molar-refractivity contribution in [2.75, 3.05) is 20.3 Å². The fourth-order valence-electron chi connectivity index (χ4n) is 2.51. The van der Waals surface area contributed by atoms with Crippen molar-refractivity contribution in [3.8, 4) is 0 Å². The van der Waals surface area contributed by atoms with Gasteiger partial charge in [-0.25, -0.2) is 18.1 Å². The van der Waals surface area contributed by atoms with Gasteiger partial charge in [-0.1, -0.05) is 38.8 Å². The van der Waals surface area contributed by atoms with Gasteiger partial charge in [-0.2, -0.15) is 0 Å². The first kappa shape index (κ1) is 23.4. The normalized spacial score (nSPS) is 13.7. The average molecular weight is 399 g/mol. The maximum Gasteiger partial charge on any atom is 0.240 e. The summed E-state index contributed by atoms with van der Waals surface area (Å²) in [6, 6.07) is 6.90. The zero-order valence-electron chi connectivity index (χ0n) is 16.9. The van der Waals surface area contributed by atoms with E-state index in [9.17, 15) is 8.42 Å². The molecule has 7 nitrogen and oxygen atoms in total. The molecule has 1 atom stereocenters. The van der Waals surface area contributed by atoms with Crippen LogP contribution in [0.4, 0.5) is 0 Å². The molecule has 154 valence electrons. The number of benzene rings is 1. The van der Waals surface area contributed by atoms with E-state index in [1.54, 1.807) is 24.3 Å². The Morgan fingerprint density at radius 1 is 1.19 bits per heavy atom. The topological polar surface area (TPSA) is 106 Å². The minimum atomic E-state index is -3.51. The zero-order valence-corrected chi connectivity index (χ0v) is 17.7. The van der Waals surface area contributed by atoms with Crippen LogP contribution in [0.25, 0.3) is 0 Å². The number of nitrogens with zero attached hydrogens (tertiary/aromatic N) is 1. The van der Waals surface area contributed by atoms with Gasteiger partial charge in [0.1, 0.15) is 0 Å². The van der Waals surface area contributed by atoms with Gasteiger partial charge in [0.2, 0.25) is 10.0 Å². The lowest BCUT2D eigenvalue weighted by Gasteiger charge is -2.15. The summed E-state index contributed by atoms with van der Waals surface area (Å²) in [4.78, 5) is 4.55.